The molecule has 3 rings (SSSR count). The third kappa shape index (κ3) is 4.89. The van der Waals surface area contributed by atoms with Crippen molar-refractivity contribution in [2.24, 2.45) is 0 Å². The molecule has 0 radical (unpaired) electrons. The third-order valence-electron chi connectivity index (χ3n) is 4.60. The number of aryl methyl sites for hydroxylation is 4. The summed E-state index contributed by atoms with van der Waals surface area (Å²) in [4.78, 5) is 18.0. The molecular weight excluding hydrogens is 359 g/mol. The van der Waals surface area contributed by atoms with Crippen LogP contribution in [0.3, 0.4) is 0 Å². The van der Waals surface area contributed by atoms with Gasteiger partial charge in [0.25, 0.3) is 0 Å². The van der Waals surface area contributed by atoms with Crippen LogP contribution in [0.5, 0.6) is 0 Å². The maximum Gasteiger partial charge on any atom is 0.331 e. The van der Waals surface area contributed by atoms with Gasteiger partial charge < -0.3 is 9.79 Å². The zero-order chi connectivity index (χ0) is 19.6. The molecule has 27 heavy (non-hydrogen) atoms. The predicted octanol–water partition coefficient (Wildman–Crippen LogP) is 3.02. The maximum absolute atomic E-state index is 11.0. The largest absolute Gasteiger partial charge is 0.331 e. The molecule has 0 aliphatic carbocycles. The lowest BCUT2D eigenvalue weighted by Crippen LogP contribution is -2.34. The molecule has 5 nitrogen and oxygen atoms in total. The van der Waals surface area contributed by atoms with Crippen molar-refractivity contribution in [3.8, 4) is 16.8 Å². The molecule has 140 valence electrons. The van der Waals surface area contributed by atoms with Gasteiger partial charge in [0, 0.05) is 35.4 Å². The van der Waals surface area contributed by atoms with Crippen molar-refractivity contribution in [1.82, 2.24) is 0 Å². The molecule has 1 aromatic carbocycles. The van der Waals surface area contributed by atoms with Crippen LogP contribution < -0.4 is 9.13 Å². The van der Waals surface area contributed by atoms with Gasteiger partial charge in [0.2, 0.25) is 5.69 Å². The van der Waals surface area contributed by atoms with Gasteiger partial charge >= 0.3 is 7.60 Å². The molecule has 0 atom stereocenters. The fourth-order valence-electron chi connectivity index (χ4n) is 3.39. The van der Waals surface area contributed by atoms with Crippen molar-refractivity contribution >= 4 is 7.60 Å². The number of aromatic nitrogens is 2. The lowest BCUT2D eigenvalue weighted by atomic mass is 10.0. The molecule has 0 aliphatic rings. The van der Waals surface area contributed by atoms with E-state index in [-0.39, 0.29) is 6.16 Å². The minimum Gasteiger partial charge on any atom is -0.324 e. The monoisotopic (exact) mass is 384 g/mol. The fourth-order valence-corrected chi connectivity index (χ4v) is 3.88. The smallest absolute Gasteiger partial charge is 0.324 e. The van der Waals surface area contributed by atoms with Crippen LogP contribution in [0, 0.1) is 20.8 Å². The Morgan fingerprint density at radius 1 is 0.852 bits per heavy atom. The third-order valence-corrected chi connectivity index (χ3v) is 5.38. The number of hydrogen-bond donors (Lipinski definition) is 2. The Kier molecular flexibility index (Phi) is 5.56. The van der Waals surface area contributed by atoms with Crippen LogP contribution in [0.25, 0.3) is 16.8 Å². The second-order valence-electron chi connectivity index (χ2n) is 6.95. The van der Waals surface area contributed by atoms with Gasteiger partial charge in [-0.2, -0.15) is 4.57 Å². The van der Waals surface area contributed by atoms with E-state index < -0.39 is 7.60 Å². The Labute approximate surface area is 159 Å². The highest BCUT2D eigenvalue weighted by Crippen LogP contribution is 2.33. The van der Waals surface area contributed by atoms with E-state index in [1.54, 1.807) is 4.57 Å². The van der Waals surface area contributed by atoms with Crippen molar-refractivity contribution in [3.63, 3.8) is 0 Å². The summed E-state index contributed by atoms with van der Waals surface area (Å²) in [5.41, 5.74) is 7.12. The summed E-state index contributed by atoms with van der Waals surface area (Å²) in [6.45, 7) is 6.66. The summed E-state index contributed by atoms with van der Waals surface area (Å²) in [5.74, 6) is 0. The zero-order valence-corrected chi connectivity index (χ0v) is 16.7. The molecule has 3 aromatic rings. The molecule has 0 unspecified atom stereocenters. The number of benzene rings is 1. The molecule has 0 saturated heterocycles. The summed E-state index contributed by atoms with van der Waals surface area (Å²) >= 11 is 0. The second-order valence-corrected chi connectivity index (χ2v) is 8.73. The average Bonchev–Trinajstić information content (AvgIpc) is 2.60. The van der Waals surface area contributed by atoms with Crippen LogP contribution in [0.15, 0.2) is 61.2 Å². The standard InChI is InChI=1S/C21H23N2O3P/c1-16-14-17(2)21(18(3)15-16)23-10-6-20(7-11-23)19-4-8-22(9-5-19)12-13-27(24,25)26/h4-11,14-15H,12-13H2,1-3H3/p+2. The van der Waals surface area contributed by atoms with E-state index in [0.29, 0.717) is 6.54 Å². The molecular formula is C21H25N2O3P+2. The average molecular weight is 384 g/mol. The van der Waals surface area contributed by atoms with E-state index in [2.05, 4.69) is 62.0 Å². The van der Waals surface area contributed by atoms with Crippen molar-refractivity contribution in [2.75, 3.05) is 6.16 Å². The van der Waals surface area contributed by atoms with Gasteiger partial charge in [-0.05, 0) is 44.0 Å². The summed E-state index contributed by atoms with van der Waals surface area (Å²) in [5, 5.41) is 0. The lowest BCUT2D eigenvalue weighted by molar-refractivity contribution is -0.692. The van der Waals surface area contributed by atoms with Gasteiger partial charge in [-0.25, -0.2) is 4.57 Å². The molecule has 2 N–H and O–H groups in total. The number of nitrogens with zero attached hydrogens (tertiary/aromatic N) is 2. The van der Waals surface area contributed by atoms with Crippen LogP contribution in [0.4, 0.5) is 0 Å². The minimum absolute atomic E-state index is 0.155. The van der Waals surface area contributed by atoms with E-state index >= 15 is 0 Å². The summed E-state index contributed by atoms with van der Waals surface area (Å²) in [6, 6.07) is 12.5. The first-order valence-electron chi connectivity index (χ1n) is 8.86. The number of rotatable bonds is 5. The lowest BCUT2D eigenvalue weighted by Gasteiger charge is -2.07. The Hall–Kier alpha value is -2.33. The highest BCUT2D eigenvalue weighted by Gasteiger charge is 2.17. The molecule has 0 saturated carbocycles. The first-order valence-corrected chi connectivity index (χ1v) is 10.7. The molecule has 0 bridgehead atoms. The summed E-state index contributed by atoms with van der Waals surface area (Å²) in [7, 11) is -3.97. The minimum atomic E-state index is -3.97. The van der Waals surface area contributed by atoms with Gasteiger partial charge in [0.05, 0.1) is 0 Å². The predicted molar refractivity (Wildman–Crippen MR) is 105 cm³/mol. The molecule has 0 amide bonds. The molecule has 0 spiro atoms. The van der Waals surface area contributed by atoms with Gasteiger partial charge in [0.15, 0.2) is 31.3 Å². The topological polar surface area (TPSA) is 65.3 Å². The highest BCUT2D eigenvalue weighted by atomic mass is 31.2. The van der Waals surface area contributed by atoms with Gasteiger partial charge in [-0.15, -0.1) is 0 Å². The van der Waals surface area contributed by atoms with Gasteiger partial charge in [-0.3, -0.25) is 4.57 Å². The number of pyridine rings is 2. The van der Waals surface area contributed by atoms with Crippen molar-refractivity contribution in [3.05, 3.63) is 77.9 Å². The van der Waals surface area contributed by atoms with Gasteiger partial charge in [-0.1, -0.05) is 5.56 Å². The van der Waals surface area contributed by atoms with Crippen LogP contribution in [-0.4, -0.2) is 15.9 Å². The van der Waals surface area contributed by atoms with E-state index in [1.807, 2.05) is 24.5 Å². The van der Waals surface area contributed by atoms with Crippen molar-refractivity contribution in [1.29, 1.82) is 0 Å². The normalized spacial score (nSPS) is 11.6. The van der Waals surface area contributed by atoms with Crippen LogP contribution in [0.1, 0.15) is 16.7 Å². The van der Waals surface area contributed by atoms with Gasteiger partial charge in [0.1, 0.15) is 6.16 Å². The quantitative estimate of drug-likeness (QED) is 0.525. The molecule has 2 heterocycles. The summed E-state index contributed by atoms with van der Waals surface area (Å²) in [6.07, 6.45) is 7.67. The van der Waals surface area contributed by atoms with Crippen molar-refractivity contribution in [2.45, 2.75) is 27.3 Å². The molecule has 2 aromatic heterocycles. The van der Waals surface area contributed by atoms with E-state index in [4.69, 9.17) is 9.79 Å². The van der Waals surface area contributed by atoms with E-state index in [0.717, 1.165) is 11.1 Å². The fraction of sp³-hybridized carbons (Fsp3) is 0.238. The second kappa shape index (κ2) is 7.73. The molecule has 6 heteroatoms. The van der Waals surface area contributed by atoms with Crippen LogP contribution in [0.2, 0.25) is 0 Å². The van der Waals surface area contributed by atoms with Crippen LogP contribution >= 0.6 is 7.60 Å². The SMILES string of the molecule is Cc1cc(C)c(-[n+]2ccc(-c3cc[n+](CCP(=O)(O)O)cc3)cc2)c(C)c1. The Morgan fingerprint density at radius 3 is 1.81 bits per heavy atom. The Morgan fingerprint density at radius 2 is 1.33 bits per heavy atom. The first kappa shape index (κ1) is 19.4. The first-order chi connectivity index (χ1) is 12.7. The highest BCUT2D eigenvalue weighted by molar-refractivity contribution is 7.51. The number of hydrogen-bond acceptors (Lipinski definition) is 1. The van der Waals surface area contributed by atoms with E-state index in [1.165, 1.54) is 22.4 Å². The summed E-state index contributed by atoms with van der Waals surface area (Å²) < 4.78 is 14.9. The van der Waals surface area contributed by atoms with Crippen molar-refractivity contribution < 1.29 is 23.5 Å². The Bertz CT molecular complexity index is 970. The zero-order valence-electron chi connectivity index (χ0n) is 15.8. The maximum atomic E-state index is 11.0. The Balaban J connectivity index is 1.81. The molecule has 0 fully saturated rings. The molecule has 0 aliphatic heterocycles. The van der Waals surface area contributed by atoms with E-state index in [9.17, 15) is 4.57 Å². The van der Waals surface area contributed by atoms with Crippen LogP contribution in [-0.2, 0) is 11.1 Å².